The van der Waals surface area contributed by atoms with Gasteiger partial charge in [0.15, 0.2) is 0 Å². The van der Waals surface area contributed by atoms with Crippen molar-refractivity contribution in [3.05, 3.63) is 24.0 Å². The molecule has 1 heterocycles. The normalized spacial score (nSPS) is 9.31. The number of pyridine rings is 1. The molecule has 0 unspecified atom stereocenters. The summed E-state index contributed by atoms with van der Waals surface area (Å²) in [5.74, 6) is -0.213. The molecule has 1 amide bonds. The first kappa shape index (κ1) is 14.7. The summed E-state index contributed by atoms with van der Waals surface area (Å²) in [7, 11) is 0. The maximum absolute atomic E-state index is 11.4. The number of hydrogen-bond acceptors (Lipinski definition) is 4. The van der Waals surface area contributed by atoms with E-state index in [1.54, 1.807) is 12.1 Å². The molecule has 6 heteroatoms. The first-order valence-corrected chi connectivity index (χ1v) is 4.81. The molecule has 0 aliphatic heterocycles. The van der Waals surface area contributed by atoms with E-state index in [-0.39, 0.29) is 18.3 Å². The zero-order valence-corrected chi connectivity index (χ0v) is 9.92. The number of aromatic nitrogens is 1. The number of ether oxygens (including phenoxy) is 1. The summed E-state index contributed by atoms with van der Waals surface area (Å²) in [5.41, 5.74) is 6.36. The largest absolute Gasteiger partial charge is 0.397 e. The van der Waals surface area contributed by atoms with Crippen molar-refractivity contribution in [3.8, 4) is 0 Å². The quantitative estimate of drug-likeness (QED) is 0.754. The molecule has 0 aromatic carbocycles. The summed E-state index contributed by atoms with van der Waals surface area (Å²) in [4.78, 5) is 15.3. The second-order valence-corrected chi connectivity index (χ2v) is 2.93. The Morgan fingerprint density at radius 1 is 1.56 bits per heavy atom. The van der Waals surface area contributed by atoms with Gasteiger partial charge >= 0.3 is 0 Å². The number of nitrogens with two attached hydrogens (primary N) is 1. The number of halogens is 1. The Labute approximate surface area is 101 Å². The van der Waals surface area contributed by atoms with Crippen molar-refractivity contribution >= 4 is 24.0 Å². The Morgan fingerprint density at radius 2 is 2.31 bits per heavy atom. The van der Waals surface area contributed by atoms with Crippen molar-refractivity contribution in [1.82, 2.24) is 10.3 Å². The van der Waals surface area contributed by atoms with Crippen LogP contribution in [0, 0.1) is 0 Å². The van der Waals surface area contributed by atoms with E-state index in [0.717, 1.165) is 0 Å². The van der Waals surface area contributed by atoms with Crippen LogP contribution in [-0.4, -0.2) is 30.6 Å². The van der Waals surface area contributed by atoms with Crippen LogP contribution in [0.4, 0.5) is 5.69 Å². The standard InChI is InChI=1S/C10H15N3O2.ClH/c1-2-15-6-5-12-10(14)9-4-3-8(11)7-13-9;/h3-4,7H,2,5-6,11H2,1H3,(H,12,14);1H. The fourth-order valence-corrected chi connectivity index (χ4v) is 1.01. The molecule has 0 aliphatic rings. The maximum atomic E-state index is 11.4. The van der Waals surface area contributed by atoms with E-state index in [9.17, 15) is 4.79 Å². The molecule has 0 saturated carbocycles. The van der Waals surface area contributed by atoms with E-state index in [2.05, 4.69) is 10.3 Å². The number of carbonyl (C=O) groups excluding carboxylic acids is 1. The van der Waals surface area contributed by atoms with E-state index < -0.39 is 0 Å². The van der Waals surface area contributed by atoms with Crippen molar-refractivity contribution < 1.29 is 9.53 Å². The monoisotopic (exact) mass is 245 g/mol. The number of hydrogen-bond donors (Lipinski definition) is 2. The second-order valence-electron chi connectivity index (χ2n) is 2.93. The van der Waals surface area contributed by atoms with Gasteiger partial charge in [0.2, 0.25) is 0 Å². The molecule has 0 saturated heterocycles. The van der Waals surface area contributed by atoms with Crippen LogP contribution in [0.3, 0.4) is 0 Å². The van der Waals surface area contributed by atoms with E-state index in [1.807, 2.05) is 6.92 Å². The minimum atomic E-state index is -0.213. The van der Waals surface area contributed by atoms with Crippen LogP contribution in [0.15, 0.2) is 18.3 Å². The van der Waals surface area contributed by atoms with Gasteiger partial charge in [0.25, 0.3) is 5.91 Å². The Hall–Kier alpha value is -1.33. The van der Waals surface area contributed by atoms with Crippen LogP contribution in [-0.2, 0) is 4.74 Å². The van der Waals surface area contributed by atoms with Crippen molar-refractivity contribution in [1.29, 1.82) is 0 Å². The SMILES string of the molecule is CCOCCNC(=O)c1ccc(N)cn1.Cl. The first-order chi connectivity index (χ1) is 7.24. The Morgan fingerprint density at radius 3 is 2.88 bits per heavy atom. The second kappa shape index (κ2) is 7.90. The van der Waals surface area contributed by atoms with Crippen LogP contribution in [0.2, 0.25) is 0 Å². The van der Waals surface area contributed by atoms with Crippen molar-refractivity contribution in [3.63, 3.8) is 0 Å². The summed E-state index contributed by atoms with van der Waals surface area (Å²) in [5, 5.41) is 2.69. The first-order valence-electron chi connectivity index (χ1n) is 4.81. The van der Waals surface area contributed by atoms with E-state index >= 15 is 0 Å². The highest BCUT2D eigenvalue weighted by Gasteiger charge is 2.04. The minimum Gasteiger partial charge on any atom is -0.397 e. The van der Waals surface area contributed by atoms with Gasteiger partial charge in [0, 0.05) is 13.2 Å². The van der Waals surface area contributed by atoms with Crippen LogP contribution < -0.4 is 11.1 Å². The Kier molecular flexibility index (Phi) is 7.24. The zero-order chi connectivity index (χ0) is 11.1. The average Bonchev–Trinajstić information content (AvgIpc) is 2.25. The van der Waals surface area contributed by atoms with Gasteiger partial charge in [-0.05, 0) is 19.1 Å². The molecular weight excluding hydrogens is 230 g/mol. The molecule has 0 spiro atoms. The lowest BCUT2D eigenvalue weighted by Crippen LogP contribution is -2.27. The number of nitrogens with zero attached hydrogens (tertiary/aromatic N) is 1. The number of rotatable bonds is 5. The highest BCUT2D eigenvalue weighted by atomic mass is 35.5. The molecule has 0 bridgehead atoms. The highest BCUT2D eigenvalue weighted by molar-refractivity contribution is 5.92. The van der Waals surface area contributed by atoms with Gasteiger partial charge in [0.05, 0.1) is 18.5 Å². The molecule has 1 aromatic rings. The van der Waals surface area contributed by atoms with Crippen molar-refractivity contribution in [2.24, 2.45) is 0 Å². The molecule has 3 N–H and O–H groups in total. The summed E-state index contributed by atoms with van der Waals surface area (Å²) in [6.07, 6.45) is 1.46. The number of nitrogen functional groups attached to an aromatic ring is 1. The summed E-state index contributed by atoms with van der Waals surface area (Å²) in [6.45, 7) is 3.55. The van der Waals surface area contributed by atoms with E-state index in [4.69, 9.17) is 10.5 Å². The topological polar surface area (TPSA) is 77.2 Å². The smallest absolute Gasteiger partial charge is 0.269 e. The van der Waals surface area contributed by atoms with Crippen LogP contribution in [0.1, 0.15) is 17.4 Å². The van der Waals surface area contributed by atoms with E-state index in [1.165, 1.54) is 6.20 Å². The lowest BCUT2D eigenvalue weighted by molar-refractivity contribution is 0.0918. The summed E-state index contributed by atoms with van der Waals surface area (Å²) in [6, 6.07) is 3.23. The third-order valence-electron chi connectivity index (χ3n) is 1.76. The fourth-order valence-electron chi connectivity index (χ4n) is 1.01. The number of anilines is 1. The van der Waals surface area contributed by atoms with Crippen molar-refractivity contribution in [2.45, 2.75) is 6.92 Å². The fraction of sp³-hybridized carbons (Fsp3) is 0.400. The molecule has 1 aromatic heterocycles. The van der Waals surface area contributed by atoms with Crippen LogP contribution in [0.25, 0.3) is 0 Å². The highest BCUT2D eigenvalue weighted by Crippen LogP contribution is 2.00. The lowest BCUT2D eigenvalue weighted by atomic mass is 10.3. The van der Waals surface area contributed by atoms with E-state index in [0.29, 0.717) is 31.1 Å². The van der Waals surface area contributed by atoms with Gasteiger partial charge < -0.3 is 15.8 Å². The van der Waals surface area contributed by atoms with Gasteiger partial charge in [0.1, 0.15) is 5.69 Å². The third kappa shape index (κ3) is 4.95. The van der Waals surface area contributed by atoms with Gasteiger partial charge in [-0.3, -0.25) is 4.79 Å². The van der Waals surface area contributed by atoms with Gasteiger partial charge in [-0.15, -0.1) is 12.4 Å². The third-order valence-corrected chi connectivity index (χ3v) is 1.76. The van der Waals surface area contributed by atoms with Crippen LogP contribution in [0.5, 0.6) is 0 Å². The Balaban J connectivity index is 0.00000225. The average molecular weight is 246 g/mol. The molecule has 5 nitrogen and oxygen atoms in total. The maximum Gasteiger partial charge on any atom is 0.269 e. The molecule has 0 atom stereocenters. The van der Waals surface area contributed by atoms with Gasteiger partial charge in [-0.25, -0.2) is 4.98 Å². The predicted octanol–water partition coefficient (Wildman–Crippen LogP) is 0.852. The van der Waals surface area contributed by atoms with Crippen molar-refractivity contribution in [2.75, 3.05) is 25.5 Å². The number of amides is 1. The van der Waals surface area contributed by atoms with Crippen LogP contribution >= 0.6 is 12.4 Å². The molecule has 0 aliphatic carbocycles. The number of carbonyl (C=O) groups is 1. The molecular formula is C10H16ClN3O2. The molecule has 16 heavy (non-hydrogen) atoms. The van der Waals surface area contributed by atoms with Gasteiger partial charge in [-0.1, -0.05) is 0 Å². The molecule has 0 radical (unpaired) electrons. The molecule has 90 valence electrons. The minimum absolute atomic E-state index is 0. The molecule has 1 rings (SSSR count). The lowest BCUT2D eigenvalue weighted by Gasteiger charge is -2.04. The van der Waals surface area contributed by atoms with Gasteiger partial charge in [-0.2, -0.15) is 0 Å². The summed E-state index contributed by atoms with van der Waals surface area (Å²) >= 11 is 0. The zero-order valence-electron chi connectivity index (χ0n) is 9.10. The Bertz CT molecular complexity index is 316. The predicted molar refractivity (Wildman–Crippen MR) is 64.7 cm³/mol. The number of nitrogens with one attached hydrogen (secondary N) is 1. The summed E-state index contributed by atoms with van der Waals surface area (Å²) < 4.78 is 5.08. The molecule has 0 fully saturated rings.